The van der Waals surface area contributed by atoms with Crippen molar-refractivity contribution in [2.75, 3.05) is 9.80 Å². The highest BCUT2D eigenvalue weighted by Crippen LogP contribution is 2.60. The van der Waals surface area contributed by atoms with E-state index in [2.05, 4.69) is 398 Å². The maximum Gasteiger partial charge on any atom is 0.135 e. The van der Waals surface area contributed by atoms with Crippen LogP contribution in [-0.4, -0.2) is 0 Å². The molecule has 0 unspecified atom stereocenters. The number of para-hydroxylation sites is 5. The lowest BCUT2D eigenvalue weighted by Crippen LogP contribution is -2.28. The first-order chi connectivity index (χ1) is 50.6. The van der Waals surface area contributed by atoms with Gasteiger partial charge >= 0.3 is 0 Å². The molecule has 16 aromatic carbocycles. The van der Waals surface area contributed by atoms with Crippen molar-refractivity contribution < 1.29 is 4.42 Å². The molecule has 0 saturated heterocycles. The van der Waals surface area contributed by atoms with Crippen LogP contribution in [0.4, 0.5) is 34.1 Å². The normalized spacial score (nSPS) is 12.9. The number of nitrogens with zero attached hydrogens (tertiary/aromatic N) is 2. The molecule has 2 aliphatic rings. The summed E-state index contributed by atoms with van der Waals surface area (Å²) < 4.78 is 8.85. The van der Waals surface area contributed by atoms with Crippen molar-refractivity contribution in [3.8, 4) is 44.5 Å². The van der Waals surface area contributed by atoms with Crippen molar-refractivity contribution in [2.24, 2.45) is 0 Å². The highest BCUT2D eigenvalue weighted by atomic mass is 32.1. The van der Waals surface area contributed by atoms with Crippen molar-refractivity contribution in [3.05, 3.63) is 445 Å². The van der Waals surface area contributed by atoms with Gasteiger partial charge in [-0.2, -0.15) is 0 Å². The topological polar surface area (TPSA) is 19.6 Å². The van der Waals surface area contributed by atoms with E-state index in [-0.39, 0.29) is 0 Å². The maximum atomic E-state index is 6.21. The molecular formula is C98H66N2OS. The summed E-state index contributed by atoms with van der Waals surface area (Å²) >= 11 is 1.86. The van der Waals surface area contributed by atoms with E-state index in [1.54, 1.807) is 0 Å². The highest BCUT2D eigenvalue weighted by Gasteiger charge is 2.48. The summed E-state index contributed by atoms with van der Waals surface area (Å²) in [6.45, 7) is 0. The number of hydrogen-bond donors (Lipinski definition) is 0. The van der Waals surface area contributed by atoms with Gasteiger partial charge in [-0.3, -0.25) is 0 Å². The van der Waals surface area contributed by atoms with E-state index in [9.17, 15) is 0 Å². The molecule has 20 rings (SSSR count). The molecule has 0 bridgehead atoms. The molecule has 0 atom stereocenters. The molecule has 0 N–H and O–H groups in total. The molecule has 0 fully saturated rings. The zero-order valence-electron chi connectivity index (χ0n) is 55.8. The molecule has 2 aromatic heterocycles. The van der Waals surface area contributed by atoms with Gasteiger partial charge in [0.15, 0.2) is 0 Å². The van der Waals surface area contributed by atoms with Crippen LogP contribution in [0.15, 0.2) is 405 Å². The van der Waals surface area contributed by atoms with Crippen LogP contribution in [0.1, 0.15) is 44.5 Å². The van der Waals surface area contributed by atoms with Crippen LogP contribution in [-0.2, 0) is 10.8 Å². The lowest BCUT2D eigenvalue weighted by atomic mass is 9.67. The summed E-state index contributed by atoms with van der Waals surface area (Å²) in [6, 6.07) is 146. The minimum absolute atomic E-state index is 0.475. The molecule has 0 spiro atoms. The predicted molar refractivity (Wildman–Crippen MR) is 428 cm³/mol. The molecule has 0 saturated carbocycles. The molecular weight excluding hydrogens is 1250 g/mol. The summed E-state index contributed by atoms with van der Waals surface area (Å²) in [5.41, 5.74) is 27.6. The van der Waals surface area contributed by atoms with E-state index in [4.69, 9.17) is 4.42 Å². The van der Waals surface area contributed by atoms with Crippen molar-refractivity contribution in [3.63, 3.8) is 0 Å². The number of rotatable bonds is 12. The SMILES string of the molecule is c1ccc(N(c2ccc3c(c2)C(c2ccccc2)(c2ccccc2)c2ccccc2-3)c2ccccc2-c2ccc3oc4ccccc4c3c2)cc1.c1ccc(N(c2ccc3c(c2)C(c2ccccc2)(c2ccccc2)c2ccccc2-3)c2ccccc2-c2ccc3sc4ccccc4c3c2)cc1. The Morgan fingerprint density at radius 3 is 1.06 bits per heavy atom. The van der Waals surface area contributed by atoms with Gasteiger partial charge in [-0.1, -0.05) is 303 Å². The first-order valence-electron chi connectivity index (χ1n) is 35.0. The minimum atomic E-state index is -0.486. The summed E-state index contributed by atoms with van der Waals surface area (Å²) in [5, 5.41) is 4.87. The third kappa shape index (κ3) is 9.78. The Labute approximate surface area is 598 Å². The molecule has 4 heteroatoms. The molecule has 480 valence electrons. The van der Waals surface area contributed by atoms with Crippen LogP contribution < -0.4 is 9.80 Å². The number of thiophene rings is 1. The first-order valence-corrected chi connectivity index (χ1v) is 35.9. The van der Waals surface area contributed by atoms with E-state index in [0.717, 1.165) is 67.2 Å². The molecule has 3 nitrogen and oxygen atoms in total. The third-order valence-electron chi connectivity index (χ3n) is 21.1. The average molecular weight is 1320 g/mol. The largest absolute Gasteiger partial charge is 0.456 e. The zero-order chi connectivity index (χ0) is 67.6. The fourth-order valence-electron chi connectivity index (χ4n) is 16.8. The van der Waals surface area contributed by atoms with Gasteiger partial charge in [0.25, 0.3) is 0 Å². The van der Waals surface area contributed by atoms with Gasteiger partial charge in [0.05, 0.1) is 22.2 Å². The number of hydrogen-bond acceptors (Lipinski definition) is 4. The van der Waals surface area contributed by atoms with Crippen molar-refractivity contribution in [1.29, 1.82) is 0 Å². The Morgan fingerprint density at radius 2 is 0.569 bits per heavy atom. The second-order valence-corrected chi connectivity index (χ2v) is 27.6. The zero-order valence-corrected chi connectivity index (χ0v) is 56.6. The van der Waals surface area contributed by atoms with Crippen LogP contribution >= 0.6 is 11.3 Å². The van der Waals surface area contributed by atoms with E-state index < -0.39 is 10.8 Å². The third-order valence-corrected chi connectivity index (χ3v) is 22.2. The van der Waals surface area contributed by atoms with Gasteiger partial charge < -0.3 is 14.2 Å². The molecule has 0 amide bonds. The summed E-state index contributed by atoms with van der Waals surface area (Å²) in [5.74, 6) is 0. The summed E-state index contributed by atoms with van der Waals surface area (Å²) in [4.78, 5) is 4.85. The van der Waals surface area contributed by atoms with E-state index >= 15 is 0 Å². The second kappa shape index (κ2) is 25.1. The number of furan rings is 1. The fraction of sp³-hybridized carbons (Fsp3) is 0.0204. The smallest absolute Gasteiger partial charge is 0.135 e. The van der Waals surface area contributed by atoms with Gasteiger partial charge in [0, 0.05) is 64.8 Å². The minimum Gasteiger partial charge on any atom is -0.456 e. The van der Waals surface area contributed by atoms with Crippen molar-refractivity contribution in [2.45, 2.75) is 10.8 Å². The molecule has 2 aliphatic carbocycles. The Morgan fingerprint density at radius 1 is 0.216 bits per heavy atom. The predicted octanol–water partition coefficient (Wildman–Crippen LogP) is 26.6. The van der Waals surface area contributed by atoms with Crippen LogP contribution in [0.3, 0.4) is 0 Å². The van der Waals surface area contributed by atoms with E-state index in [1.807, 2.05) is 23.5 Å². The molecule has 0 radical (unpaired) electrons. The Balaban J connectivity index is 0.000000141. The summed E-state index contributed by atoms with van der Waals surface area (Å²) in [7, 11) is 0. The monoisotopic (exact) mass is 1320 g/mol. The summed E-state index contributed by atoms with van der Waals surface area (Å²) in [6.07, 6.45) is 0. The maximum absolute atomic E-state index is 6.21. The number of anilines is 6. The fourth-order valence-corrected chi connectivity index (χ4v) is 17.9. The average Bonchev–Trinajstić information content (AvgIpc) is 1.53. The van der Waals surface area contributed by atoms with Gasteiger partial charge in [-0.25, -0.2) is 0 Å². The Hall–Kier alpha value is -12.9. The van der Waals surface area contributed by atoms with Crippen LogP contribution in [0, 0.1) is 0 Å². The van der Waals surface area contributed by atoms with E-state index in [0.29, 0.717) is 0 Å². The van der Waals surface area contributed by atoms with Gasteiger partial charge in [-0.15, -0.1) is 11.3 Å². The quantitative estimate of drug-likeness (QED) is 0.122. The lowest BCUT2D eigenvalue weighted by molar-refractivity contribution is 0.669. The molecule has 18 aromatic rings. The van der Waals surface area contributed by atoms with Crippen molar-refractivity contribution >= 4 is 87.6 Å². The van der Waals surface area contributed by atoms with Crippen LogP contribution in [0.2, 0.25) is 0 Å². The van der Waals surface area contributed by atoms with Crippen LogP contribution in [0.25, 0.3) is 86.6 Å². The van der Waals surface area contributed by atoms with Crippen molar-refractivity contribution in [1.82, 2.24) is 0 Å². The molecule has 102 heavy (non-hydrogen) atoms. The van der Waals surface area contributed by atoms with Gasteiger partial charge in [-0.05, 0) is 175 Å². The second-order valence-electron chi connectivity index (χ2n) is 26.5. The standard InChI is InChI=1S/C49H33NO.C49H33NS/c2*1-4-16-35(17-5-1)49(36-18-6-2-7-19-36)44-25-13-10-23-40(44)41-30-29-38(33-45(41)49)50(37-20-8-3-9-21-37)46-26-14-11-22-39(46)34-28-31-48-43(32-34)42-24-12-15-27-47(42)51-48/h2*1-33H. The van der Waals surface area contributed by atoms with Crippen LogP contribution in [0.5, 0.6) is 0 Å². The lowest BCUT2D eigenvalue weighted by Gasteiger charge is -2.35. The Kier molecular flexibility index (Phi) is 14.9. The van der Waals surface area contributed by atoms with Gasteiger partial charge in [0.1, 0.15) is 11.2 Å². The highest BCUT2D eigenvalue weighted by molar-refractivity contribution is 7.25. The number of benzene rings is 16. The molecule has 0 aliphatic heterocycles. The van der Waals surface area contributed by atoms with Gasteiger partial charge in [0.2, 0.25) is 0 Å². The van der Waals surface area contributed by atoms with E-state index in [1.165, 1.54) is 98.1 Å². The Bertz CT molecular complexity index is 5690. The number of fused-ring (bicyclic) bond motifs is 12. The first kappa shape index (κ1) is 60.3. The molecule has 2 heterocycles.